The second kappa shape index (κ2) is 7.16. The Labute approximate surface area is 121 Å². The molecule has 2 atom stereocenters. The van der Waals surface area contributed by atoms with Crippen LogP contribution in [0.1, 0.15) is 24.4 Å². The standard InChI is InChI=1S/C16H26FN3/c1-18-16(14-8-4-5-9-15(14)17)12-20-10-6-7-13(20)11-19(2)3/h4-5,8-9,13,16,18H,6-7,10-12H2,1-3H3. The Morgan fingerprint density at radius 1 is 1.40 bits per heavy atom. The van der Waals surface area contributed by atoms with Crippen molar-refractivity contribution in [1.82, 2.24) is 15.1 Å². The van der Waals surface area contributed by atoms with Gasteiger partial charge in [-0.2, -0.15) is 0 Å². The van der Waals surface area contributed by atoms with Crippen LogP contribution in [0, 0.1) is 5.82 Å². The van der Waals surface area contributed by atoms with E-state index in [-0.39, 0.29) is 11.9 Å². The second-order valence-electron chi connectivity index (χ2n) is 5.92. The van der Waals surface area contributed by atoms with E-state index in [0.29, 0.717) is 6.04 Å². The highest BCUT2D eigenvalue weighted by Gasteiger charge is 2.27. The van der Waals surface area contributed by atoms with Gasteiger partial charge >= 0.3 is 0 Å². The van der Waals surface area contributed by atoms with Crippen molar-refractivity contribution in [3.63, 3.8) is 0 Å². The van der Waals surface area contributed by atoms with Gasteiger partial charge in [0, 0.05) is 30.7 Å². The Morgan fingerprint density at radius 2 is 2.15 bits per heavy atom. The van der Waals surface area contributed by atoms with Crippen LogP contribution in [0.3, 0.4) is 0 Å². The normalized spacial score (nSPS) is 21.6. The fourth-order valence-corrected chi connectivity index (χ4v) is 3.10. The molecule has 0 saturated carbocycles. The summed E-state index contributed by atoms with van der Waals surface area (Å²) in [4.78, 5) is 4.73. The van der Waals surface area contributed by atoms with Crippen molar-refractivity contribution in [3.8, 4) is 0 Å². The van der Waals surface area contributed by atoms with Crippen LogP contribution >= 0.6 is 0 Å². The van der Waals surface area contributed by atoms with Crippen LogP contribution in [0.4, 0.5) is 4.39 Å². The highest BCUT2D eigenvalue weighted by molar-refractivity contribution is 5.21. The highest BCUT2D eigenvalue weighted by atomic mass is 19.1. The number of rotatable bonds is 6. The first-order valence-corrected chi connectivity index (χ1v) is 7.42. The van der Waals surface area contributed by atoms with Gasteiger partial charge in [0.05, 0.1) is 0 Å². The number of halogens is 1. The summed E-state index contributed by atoms with van der Waals surface area (Å²) in [7, 11) is 6.14. The number of likely N-dealkylation sites (tertiary alicyclic amines) is 1. The molecule has 1 aromatic carbocycles. The average molecular weight is 279 g/mol. The molecular formula is C16H26FN3. The average Bonchev–Trinajstić information content (AvgIpc) is 2.83. The molecule has 1 fully saturated rings. The number of nitrogens with zero attached hydrogens (tertiary/aromatic N) is 2. The molecule has 0 aromatic heterocycles. The Hall–Kier alpha value is -0.970. The summed E-state index contributed by atoms with van der Waals surface area (Å²) in [5, 5.41) is 3.26. The lowest BCUT2D eigenvalue weighted by Gasteiger charge is -2.30. The van der Waals surface area contributed by atoms with Gasteiger partial charge in [0.1, 0.15) is 5.82 Å². The molecule has 1 aromatic rings. The number of benzene rings is 1. The van der Waals surface area contributed by atoms with Gasteiger partial charge in [-0.05, 0) is 46.6 Å². The minimum atomic E-state index is -0.116. The summed E-state index contributed by atoms with van der Waals surface area (Å²) in [6, 6.07) is 7.72. The van der Waals surface area contributed by atoms with Crippen LogP contribution in [0.15, 0.2) is 24.3 Å². The molecule has 112 valence electrons. The topological polar surface area (TPSA) is 18.5 Å². The van der Waals surface area contributed by atoms with Gasteiger partial charge in [0.15, 0.2) is 0 Å². The zero-order valence-corrected chi connectivity index (χ0v) is 12.8. The summed E-state index contributed by atoms with van der Waals surface area (Å²) in [6.45, 7) is 3.06. The molecule has 0 aliphatic carbocycles. The van der Waals surface area contributed by atoms with Crippen molar-refractivity contribution in [2.75, 3.05) is 40.8 Å². The van der Waals surface area contributed by atoms with E-state index in [1.807, 2.05) is 19.2 Å². The van der Waals surface area contributed by atoms with E-state index in [1.165, 1.54) is 12.8 Å². The Balaban J connectivity index is 2.04. The third kappa shape index (κ3) is 3.78. The van der Waals surface area contributed by atoms with Crippen molar-refractivity contribution < 1.29 is 4.39 Å². The third-order valence-electron chi connectivity index (χ3n) is 4.12. The molecule has 2 unspecified atom stereocenters. The summed E-state index contributed by atoms with van der Waals surface area (Å²) < 4.78 is 13.9. The number of hydrogen-bond donors (Lipinski definition) is 1. The molecule has 0 spiro atoms. The molecule has 1 heterocycles. The molecule has 1 aliphatic rings. The molecule has 4 heteroatoms. The maximum atomic E-state index is 13.9. The molecule has 0 amide bonds. The largest absolute Gasteiger partial charge is 0.312 e. The lowest BCUT2D eigenvalue weighted by atomic mass is 10.1. The predicted molar refractivity (Wildman–Crippen MR) is 81.3 cm³/mol. The van der Waals surface area contributed by atoms with Gasteiger partial charge in [0.25, 0.3) is 0 Å². The first-order valence-electron chi connectivity index (χ1n) is 7.42. The van der Waals surface area contributed by atoms with Crippen LogP contribution in [-0.4, -0.2) is 56.6 Å². The van der Waals surface area contributed by atoms with Gasteiger partial charge < -0.3 is 10.2 Å². The first kappa shape index (κ1) is 15.4. The lowest BCUT2D eigenvalue weighted by Crippen LogP contribution is -2.41. The lowest BCUT2D eigenvalue weighted by molar-refractivity contribution is 0.190. The van der Waals surface area contributed by atoms with Gasteiger partial charge in [-0.3, -0.25) is 4.90 Å². The maximum absolute atomic E-state index is 13.9. The van der Waals surface area contributed by atoms with Crippen molar-refractivity contribution in [2.24, 2.45) is 0 Å². The molecule has 3 nitrogen and oxygen atoms in total. The van der Waals surface area contributed by atoms with E-state index in [0.717, 1.165) is 25.2 Å². The SMILES string of the molecule is CNC(CN1CCCC1CN(C)C)c1ccccc1F. The summed E-state index contributed by atoms with van der Waals surface area (Å²) in [5.41, 5.74) is 0.769. The summed E-state index contributed by atoms with van der Waals surface area (Å²) in [6.07, 6.45) is 2.48. The zero-order valence-electron chi connectivity index (χ0n) is 12.8. The predicted octanol–water partition coefficient (Wildman–Crippen LogP) is 2.11. The Kier molecular flexibility index (Phi) is 5.52. The molecule has 0 bridgehead atoms. The number of nitrogens with one attached hydrogen (secondary N) is 1. The monoisotopic (exact) mass is 279 g/mol. The molecule has 0 radical (unpaired) electrons. The third-order valence-corrected chi connectivity index (χ3v) is 4.12. The summed E-state index contributed by atoms with van der Waals surface area (Å²) in [5.74, 6) is -0.116. The number of hydrogen-bond acceptors (Lipinski definition) is 3. The fraction of sp³-hybridized carbons (Fsp3) is 0.625. The second-order valence-corrected chi connectivity index (χ2v) is 5.92. The molecular weight excluding hydrogens is 253 g/mol. The van der Waals surface area contributed by atoms with E-state index < -0.39 is 0 Å². The van der Waals surface area contributed by atoms with Crippen molar-refractivity contribution in [2.45, 2.75) is 24.9 Å². The zero-order chi connectivity index (χ0) is 14.5. The van der Waals surface area contributed by atoms with E-state index in [9.17, 15) is 4.39 Å². The van der Waals surface area contributed by atoms with E-state index >= 15 is 0 Å². The Bertz CT molecular complexity index is 422. The fourth-order valence-electron chi connectivity index (χ4n) is 3.10. The van der Waals surface area contributed by atoms with Crippen LogP contribution in [0.25, 0.3) is 0 Å². The minimum Gasteiger partial charge on any atom is -0.312 e. The molecule has 1 aliphatic heterocycles. The van der Waals surface area contributed by atoms with E-state index in [2.05, 4.69) is 29.2 Å². The van der Waals surface area contributed by atoms with Crippen molar-refractivity contribution >= 4 is 0 Å². The van der Waals surface area contributed by atoms with Crippen molar-refractivity contribution in [1.29, 1.82) is 0 Å². The molecule has 20 heavy (non-hydrogen) atoms. The van der Waals surface area contributed by atoms with Crippen LogP contribution < -0.4 is 5.32 Å². The quantitative estimate of drug-likeness (QED) is 0.860. The molecule has 1 N–H and O–H groups in total. The number of likely N-dealkylation sites (N-methyl/N-ethyl adjacent to an activating group) is 2. The van der Waals surface area contributed by atoms with Crippen molar-refractivity contribution in [3.05, 3.63) is 35.6 Å². The van der Waals surface area contributed by atoms with Gasteiger partial charge in [-0.15, -0.1) is 0 Å². The van der Waals surface area contributed by atoms with Gasteiger partial charge in [0.2, 0.25) is 0 Å². The maximum Gasteiger partial charge on any atom is 0.128 e. The van der Waals surface area contributed by atoms with Crippen LogP contribution in [0.2, 0.25) is 0 Å². The smallest absolute Gasteiger partial charge is 0.128 e. The van der Waals surface area contributed by atoms with E-state index in [4.69, 9.17) is 0 Å². The molecule has 2 rings (SSSR count). The Morgan fingerprint density at radius 3 is 2.80 bits per heavy atom. The van der Waals surface area contributed by atoms with Gasteiger partial charge in [-0.25, -0.2) is 4.39 Å². The first-order chi connectivity index (χ1) is 9.61. The molecule has 1 saturated heterocycles. The van der Waals surface area contributed by atoms with Crippen LogP contribution in [0.5, 0.6) is 0 Å². The minimum absolute atomic E-state index is 0.0546. The summed E-state index contributed by atoms with van der Waals surface area (Å²) >= 11 is 0. The van der Waals surface area contributed by atoms with Crippen LogP contribution in [-0.2, 0) is 0 Å². The van der Waals surface area contributed by atoms with E-state index in [1.54, 1.807) is 12.1 Å². The highest BCUT2D eigenvalue weighted by Crippen LogP contribution is 2.23. The van der Waals surface area contributed by atoms with Gasteiger partial charge in [-0.1, -0.05) is 18.2 Å².